The third-order valence-corrected chi connectivity index (χ3v) is 3.72. The van der Waals surface area contributed by atoms with Crippen LogP contribution in [0.15, 0.2) is 27.1 Å². The van der Waals surface area contributed by atoms with E-state index in [-0.39, 0.29) is 5.78 Å². The van der Waals surface area contributed by atoms with Crippen LogP contribution in [0.1, 0.15) is 30.1 Å². The normalized spacial score (nSPS) is 12.5. The van der Waals surface area contributed by atoms with Gasteiger partial charge in [0, 0.05) is 20.9 Å². The molecule has 4 heteroatoms. The number of Topliss-reactive ketones (excluding diaryl/α,β-unsaturated/α-hetero) is 1. The van der Waals surface area contributed by atoms with E-state index < -0.39 is 0 Å². The van der Waals surface area contributed by atoms with E-state index in [0.717, 1.165) is 20.9 Å². The van der Waals surface area contributed by atoms with Gasteiger partial charge in [0.25, 0.3) is 0 Å². The monoisotopic (exact) mass is 350 g/mol. The van der Waals surface area contributed by atoms with Gasteiger partial charge in [-0.15, -0.1) is 9.24 Å². The van der Waals surface area contributed by atoms with Crippen LogP contribution in [0.25, 0.3) is 0 Å². The molecule has 0 heterocycles. The summed E-state index contributed by atoms with van der Waals surface area (Å²) in [4.78, 5) is 11.9. The van der Waals surface area contributed by atoms with Crippen molar-refractivity contribution in [3.63, 3.8) is 0 Å². The van der Waals surface area contributed by atoms with Gasteiger partial charge in [-0.2, -0.15) is 0 Å². The van der Waals surface area contributed by atoms with Crippen LogP contribution in [0.3, 0.4) is 0 Å². The molecule has 1 nitrogen and oxygen atoms in total. The highest BCUT2D eigenvalue weighted by molar-refractivity contribution is 9.11. The zero-order chi connectivity index (χ0) is 11.4. The van der Waals surface area contributed by atoms with Crippen molar-refractivity contribution in [3.05, 3.63) is 32.7 Å². The Hall–Kier alpha value is 0.280. The molecular weight excluding hydrogens is 339 g/mol. The number of hydrogen-bond donors (Lipinski definition) is 0. The molecule has 15 heavy (non-hydrogen) atoms. The van der Waals surface area contributed by atoms with Crippen LogP contribution in [-0.4, -0.2) is 11.4 Å². The molecule has 0 amide bonds. The van der Waals surface area contributed by atoms with Crippen molar-refractivity contribution in [2.75, 3.05) is 0 Å². The maximum atomic E-state index is 11.9. The molecule has 0 saturated heterocycles. The van der Waals surface area contributed by atoms with E-state index in [2.05, 4.69) is 48.0 Å². The first-order valence-electron chi connectivity index (χ1n) is 4.75. The molecule has 0 fully saturated rings. The van der Waals surface area contributed by atoms with Gasteiger partial charge >= 0.3 is 0 Å². The number of rotatable bonds is 4. The number of benzene rings is 1. The number of carbonyl (C=O) groups excluding carboxylic acids is 1. The Morgan fingerprint density at radius 3 is 2.40 bits per heavy atom. The van der Waals surface area contributed by atoms with Gasteiger partial charge in [-0.25, -0.2) is 0 Å². The van der Waals surface area contributed by atoms with E-state index in [1.165, 1.54) is 0 Å². The maximum absolute atomic E-state index is 11.9. The largest absolute Gasteiger partial charge is 0.294 e. The average molecular weight is 352 g/mol. The van der Waals surface area contributed by atoms with Crippen molar-refractivity contribution >= 4 is 46.9 Å². The molecule has 1 rings (SSSR count). The van der Waals surface area contributed by atoms with Gasteiger partial charge in [-0.1, -0.05) is 44.8 Å². The van der Waals surface area contributed by atoms with Crippen molar-refractivity contribution in [2.45, 2.75) is 25.4 Å². The first-order chi connectivity index (χ1) is 7.02. The molecule has 0 aromatic heterocycles. The van der Waals surface area contributed by atoms with Crippen LogP contribution in [0, 0.1) is 0 Å². The predicted octanol–water partition coefficient (Wildman–Crippen LogP) is 4.44. The van der Waals surface area contributed by atoms with Crippen LogP contribution in [-0.2, 0) is 0 Å². The number of ketones is 1. The first-order valence-corrected chi connectivity index (χ1v) is 7.00. The highest BCUT2D eigenvalue weighted by Gasteiger charge is 2.13. The smallest absolute Gasteiger partial charge is 0.165 e. The van der Waals surface area contributed by atoms with E-state index in [1.807, 2.05) is 18.2 Å². The van der Waals surface area contributed by atoms with Gasteiger partial charge in [0.1, 0.15) is 0 Å². The first kappa shape index (κ1) is 13.3. The maximum Gasteiger partial charge on any atom is 0.165 e. The molecule has 0 N–H and O–H groups in total. The lowest BCUT2D eigenvalue weighted by Gasteiger charge is -2.07. The van der Waals surface area contributed by atoms with Crippen LogP contribution in [0.2, 0.25) is 0 Å². The summed E-state index contributed by atoms with van der Waals surface area (Å²) >= 11 is 6.80. The molecule has 0 aliphatic rings. The van der Waals surface area contributed by atoms with Gasteiger partial charge < -0.3 is 0 Å². The summed E-state index contributed by atoms with van der Waals surface area (Å²) in [5.41, 5.74) is 1.23. The molecule has 0 spiro atoms. The second-order valence-electron chi connectivity index (χ2n) is 3.54. The summed E-state index contributed by atoms with van der Waals surface area (Å²) in [7, 11) is 2.71. The Morgan fingerprint density at radius 2 is 1.93 bits per heavy atom. The lowest BCUT2D eigenvalue weighted by Crippen LogP contribution is -2.04. The van der Waals surface area contributed by atoms with Crippen molar-refractivity contribution in [1.82, 2.24) is 0 Å². The van der Waals surface area contributed by atoms with Crippen molar-refractivity contribution < 1.29 is 4.79 Å². The number of carbonyl (C=O) groups is 1. The van der Waals surface area contributed by atoms with E-state index in [1.54, 1.807) is 0 Å². The van der Waals surface area contributed by atoms with Crippen molar-refractivity contribution in [3.8, 4) is 0 Å². The van der Waals surface area contributed by atoms with Crippen molar-refractivity contribution in [1.29, 1.82) is 0 Å². The summed E-state index contributed by atoms with van der Waals surface area (Å²) in [6.45, 7) is 2.09. The van der Waals surface area contributed by atoms with Gasteiger partial charge in [-0.3, -0.25) is 4.79 Å². The summed E-state index contributed by atoms with van der Waals surface area (Å²) in [6.07, 6.45) is 1.49. The number of halogens is 2. The van der Waals surface area contributed by atoms with E-state index in [0.29, 0.717) is 12.1 Å². The Balaban J connectivity index is 2.82. The summed E-state index contributed by atoms with van der Waals surface area (Å²) in [5.74, 6) is 0.184. The topological polar surface area (TPSA) is 17.1 Å². The fourth-order valence-corrected chi connectivity index (χ4v) is 2.86. The fourth-order valence-electron chi connectivity index (χ4n) is 1.25. The van der Waals surface area contributed by atoms with Gasteiger partial charge in [0.15, 0.2) is 5.78 Å². The number of hydrogen-bond acceptors (Lipinski definition) is 1. The van der Waals surface area contributed by atoms with Crippen LogP contribution < -0.4 is 0 Å². The van der Waals surface area contributed by atoms with E-state index in [4.69, 9.17) is 0 Å². The van der Waals surface area contributed by atoms with Crippen molar-refractivity contribution in [2.24, 2.45) is 0 Å². The van der Waals surface area contributed by atoms with Crippen LogP contribution in [0.4, 0.5) is 0 Å². The average Bonchev–Trinajstić information content (AvgIpc) is 2.14. The molecule has 0 aliphatic heterocycles. The van der Waals surface area contributed by atoms with Crippen LogP contribution in [0.5, 0.6) is 0 Å². The molecule has 0 radical (unpaired) electrons. The standard InChI is InChI=1S/C11H13Br2OP/c1-7(15)5-6-10(14)11-8(12)3-2-4-9(11)13/h2-4,7H,5-6,15H2,1H3. The minimum atomic E-state index is 0.184. The zero-order valence-electron chi connectivity index (χ0n) is 8.47. The Morgan fingerprint density at radius 1 is 1.40 bits per heavy atom. The third-order valence-electron chi connectivity index (χ3n) is 2.07. The molecule has 2 atom stereocenters. The molecule has 0 aliphatic carbocycles. The lowest BCUT2D eigenvalue weighted by molar-refractivity contribution is 0.0978. The van der Waals surface area contributed by atoms with Crippen LogP contribution >= 0.6 is 41.1 Å². The molecule has 1 aromatic carbocycles. The minimum Gasteiger partial charge on any atom is -0.294 e. The SMILES string of the molecule is CC(P)CCC(=O)c1c(Br)cccc1Br. The molecule has 0 saturated carbocycles. The predicted molar refractivity (Wildman–Crippen MR) is 74.6 cm³/mol. The van der Waals surface area contributed by atoms with E-state index >= 15 is 0 Å². The summed E-state index contributed by atoms with van der Waals surface area (Å²) in [5, 5.41) is 0. The third kappa shape index (κ3) is 3.97. The minimum absolute atomic E-state index is 0.184. The quantitative estimate of drug-likeness (QED) is 0.579. The highest BCUT2D eigenvalue weighted by atomic mass is 79.9. The second kappa shape index (κ2) is 6.12. The lowest BCUT2D eigenvalue weighted by atomic mass is 10.1. The fraction of sp³-hybridized carbons (Fsp3) is 0.364. The molecule has 1 aromatic rings. The van der Waals surface area contributed by atoms with E-state index in [9.17, 15) is 4.79 Å². The van der Waals surface area contributed by atoms with Gasteiger partial charge in [0.2, 0.25) is 0 Å². The summed E-state index contributed by atoms with van der Waals surface area (Å²) < 4.78 is 1.72. The Kier molecular flexibility index (Phi) is 5.45. The molecule has 2 unspecified atom stereocenters. The highest BCUT2D eigenvalue weighted by Crippen LogP contribution is 2.27. The van der Waals surface area contributed by atoms with Gasteiger partial charge in [-0.05, 0) is 24.2 Å². The molecular formula is C11H13Br2OP. The summed E-state index contributed by atoms with van der Waals surface area (Å²) in [6, 6.07) is 5.69. The second-order valence-corrected chi connectivity index (χ2v) is 6.38. The van der Waals surface area contributed by atoms with Gasteiger partial charge in [0.05, 0.1) is 0 Å². The zero-order valence-corrected chi connectivity index (χ0v) is 12.8. The molecule has 82 valence electrons. The Labute approximate surface area is 109 Å². The Bertz CT molecular complexity index is 343. The molecule has 0 bridgehead atoms.